The number of H-pyrrole nitrogens is 1. The molecule has 3 rings (SSSR count). The molecule has 1 N–H and O–H groups in total. The maximum absolute atomic E-state index is 13.3. The number of fused-ring (bicyclic) bond motifs is 3. The number of rotatable bonds is 0. The van der Waals surface area contributed by atoms with Gasteiger partial charge in [0.25, 0.3) is 11.1 Å². The van der Waals surface area contributed by atoms with E-state index < -0.39 is 22.8 Å². The number of hydrogen-bond donors (Lipinski definition) is 1. The lowest BCUT2D eigenvalue weighted by atomic mass is 10.1. The predicted octanol–water partition coefficient (Wildman–Crippen LogP) is 2.32. The zero-order valence-corrected chi connectivity index (χ0v) is 9.54. The molecule has 2 aromatic carbocycles. The van der Waals surface area contributed by atoms with Crippen LogP contribution >= 0.6 is 0 Å². The molecule has 0 fully saturated rings. The van der Waals surface area contributed by atoms with Crippen LogP contribution in [0.1, 0.15) is 0 Å². The summed E-state index contributed by atoms with van der Waals surface area (Å²) in [4.78, 5) is 25.8. The monoisotopic (exact) mass is 259 g/mol. The minimum atomic E-state index is -0.628. The number of aromatic nitrogens is 1. The molecule has 0 aliphatic carbocycles. The highest BCUT2D eigenvalue weighted by molar-refractivity contribution is 6.05. The maximum Gasteiger partial charge on any atom is 0.258 e. The van der Waals surface area contributed by atoms with E-state index >= 15 is 0 Å². The van der Waals surface area contributed by atoms with E-state index in [1.807, 2.05) is 0 Å². The molecule has 0 spiro atoms. The third kappa shape index (κ3) is 1.79. The average molecular weight is 259 g/mol. The molecule has 0 saturated heterocycles. The van der Waals surface area contributed by atoms with E-state index in [4.69, 9.17) is 0 Å². The second-order valence-corrected chi connectivity index (χ2v) is 4.16. The van der Waals surface area contributed by atoms with Crippen LogP contribution in [0.5, 0.6) is 0 Å². The number of aromatic amines is 1. The molecule has 1 aromatic heterocycles. The number of halogens is 2. The second kappa shape index (κ2) is 3.98. The molecular formula is C14H7F2NO2. The Morgan fingerprint density at radius 2 is 1.11 bits per heavy atom. The fraction of sp³-hybridized carbons (Fsp3) is 0. The van der Waals surface area contributed by atoms with Gasteiger partial charge in [-0.25, -0.2) is 8.78 Å². The molecule has 94 valence electrons. The van der Waals surface area contributed by atoms with Gasteiger partial charge < -0.3 is 0 Å². The minimum absolute atomic E-state index is 0.138. The quantitative estimate of drug-likeness (QED) is 0.673. The second-order valence-electron chi connectivity index (χ2n) is 4.16. The molecule has 3 nitrogen and oxygen atoms in total. The van der Waals surface area contributed by atoms with E-state index in [0.717, 1.165) is 24.3 Å². The zero-order chi connectivity index (χ0) is 13.6. The molecule has 0 radical (unpaired) electrons. The van der Waals surface area contributed by atoms with Gasteiger partial charge in [-0.3, -0.25) is 14.6 Å². The van der Waals surface area contributed by atoms with E-state index in [1.54, 1.807) is 0 Å². The largest absolute Gasteiger partial charge is 0.288 e. The lowest BCUT2D eigenvalue weighted by Crippen LogP contribution is -2.13. The average Bonchev–Trinajstić information content (AvgIpc) is 2.46. The number of hydrogen-bond acceptors (Lipinski definition) is 2. The Kier molecular flexibility index (Phi) is 2.41. The van der Waals surface area contributed by atoms with Crippen LogP contribution in [0.2, 0.25) is 0 Å². The van der Waals surface area contributed by atoms with E-state index in [0.29, 0.717) is 0 Å². The molecular weight excluding hydrogens is 252 g/mol. The summed E-state index contributed by atoms with van der Waals surface area (Å²) >= 11 is 0. The van der Waals surface area contributed by atoms with Crippen molar-refractivity contribution in [2.24, 2.45) is 0 Å². The molecule has 3 aromatic rings. The Balaban J connectivity index is 2.78. The standard InChI is InChI=1S/C14H7F2NO2/c15-7-1-3-9-11(5-7)12-6-8(16)2-4-10(12)14(19)17-13(9)18/h1-6H,(H,17,18,19). The van der Waals surface area contributed by atoms with Gasteiger partial charge in [0.05, 0.1) is 0 Å². The van der Waals surface area contributed by atoms with Crippen LogP contribution < -0.4 is 11.1 Å². The summed E-state index contributed by atoms with van der Waals surface area (Å²) in [5.41, 5.74) is -1.26. The lowest BCUT2D eigenvalue weighted by molar-refractivity contribution is 0.628. The Morgan fingerprint density at radius 1 is 0.684 bits per heavy atom. The topological polar surface area (TPSA) is 49.9 Å². The Hall–Kier alpha value is -2.56. The van der Waals surface area contributed by atoms with Gasteiger partial charge in [0, 0.05) is 10.8 Å². The first-order valence-corrected chi connectivity index (χ1v) is 5.51. The van der Waals surface area contributed by atoms with Gasteiger partial charge in [-0.1, -0.05) is 0 Å². The Labute approximate surface area is 105 Å². The summed E-state index contributed by atoms with van der Waals surface area (Å²) < 4.78 is 26.7. The highest BCUT2D eigenvalue weighted by Crippen LogP contribution is 2.21. The summed E-state index contributed by atoms with van der Waals surface area (Å²) in [6.07, 6.45) is 0. The van der Waals surface area contributed by atoms with Crippen molar-refractivity contribution in [2.75, 3.05) is 0 Å². The van der Waals surface area contributed by atoms with Gasteiger partial charge in [-0.05, 0) is 47.2 Å². The highest BCUT2D eigenvalue weighted by Gasteiger charge is 2.07. The fourth-order valence-corrected chi connectivity index (χ4v) is 2.11. The van der Waals surface area contributed by atoms with Gasteiger partial charge in [0.1, 0.15) is 11.6 Å². The maximum atomic E-state index is 13.3. The first-order valence-electron chi connectivity index (χ1n) is 5.51. The zero-order valence-electron chi connectivity index (χ0n) is 9.54. The normalized spacial score (nSPS) is 11.1. The molecule has 5 heteroatoms. The molecule has 0 atom stereocenters. The van der Waals surface area contributed by atoms with Gasteiger partial charge >= 0.3 is 0 Å². The molecule has 19 heavy (non-hydrogen) atoms. The van der Waals surface area contributed by atoms with E-state index in [1.165, 1.54) is 12.1 Å². The van der Waals surface area contributed by atoms with Crippen molar-refractivity contribution >= 4 is 21.5 Å². The van der Waals surface area contributed by atoms with Gasteiger partial charge in [-0.2, -0.15) is 0 Å². The number of benzene rings is 2. The van der Waals surface area contributed by atoms with Crippen LogP contribution in [0, 0.1) is 11.6 Å². The molecule has 0 aliphatic heterocycles. The summed E-state index contributed by atoms with van der Waals surface area (Å²) in [5.74, 6) is -1.12. The Morgan fingerprint density at radius 3 is 1.53 bits per heavy atom. The summed E-state index contributed by atoms with van der Waals surface area (Å²) in [5, 5.41) is 0.689. The minimum Gasteiger partial charge on any atom is -0.288 e. The van der Waals surface area contributed by atoms with E-state index in [2.05, 4.69) is 4.98 Å². The SMILES string of the molecule is O=c1[nH]c(=O)c2ccc(F)cc2c2cc(F)ccc12. The van der Waals surface area contributed by atoms with Crippen LogP contribution in [0.25, 0.3) is 21.5 Å². The van der Waals surface area contributed by atoms with Gasteiger partial charge in [0.15, 0.2) is 0 Å². The van der Waals surface area contributed by atoms with Crippen molar-refractivity contribution in [1.29, 1.82) is 0 Å². The molecule has 0 amide bonds. The van der Waals surface area contributed by atoms with Crippen LogP contribution in [0.4, 0.5) is 8.78 Å². The first-order chi connectivity index (χ1) is 9.06. The van der Waals surface area contributed by atoms with Crippen molar-refractivity contribution in [2.45, 2.75) is 0 Å². The van der Waals surface area contributed by atoms with Gasteiger partial charge in [-0.15, -0.1) is 0 Å². The molecule has 0 bridgehead atoms. The fourth-order valence-electron chi connectivity index (χ4n) is 2.11. The van der Waals surface area contributed by atoms with Crippen molar-refractivity contribution in [1.82, 2.24) is 4.98 Å². The molecule has 0 aliphatic rings. The van der Waals surface area contributed by atoms with Gasteiger partial charge in [0.2, 0.25) is 0 Å². The van der Waals surface area contributed by atoms with Crippen molar-refractivity contribution < 1.29 is 8.78 Å². The van der Waals surface area contributed by atoms with Crippen LogP contribution in [-0.4, -0.2) is 4.98 Å². The molecule has 0 unspecified atom stereocenters. The smallest absolute Gasteiger partial charge is 0.258 e. The van der Waals surface area contributed by atoms with Crippen molar-refractivity contribution in [3.05, 3.63) is 68.7 Å². The van der Waals surface area contributed by atoms with Crippen LogP contribution in [-0.2, 0) is 0 Å². The third-order valence-electron chi connectivity index (χ3n) is 2.97. The summed E-state index contributed by atoms with van der Waals surface area (Å²) in [6, 6.07) is 7.01. The van der Waals surface area contributed by atoms with E-state index in [9.17, 15) is 18.4 Å². The molecule has 0 saturated carbocycles. The third-order valence-corrected chi connectivity index (χ3v) is 2.97. The summed E-state index contributed by atoms with van der Waals surface area (Å²) in [6.45, 7) is 0. The highest BCUT2D eigenvalue weighted by atomic mass is 19.1. The van der Waals surface area contributed by atoms with Crippen molar-refractivity contribution in [3.8, 4) is 0 Å². The first kappa shape index (κ1) is 11.5. The summed E-state index contributed by atoms with van der Waals surface area (Å²) in [7, 11) is 0. The molecule has 1 heterocycles. The van der Waals surface area contributed by atoms with Crippen LogP contribution in [0.3, 0.4) is 0 Å². The lowest BCUT2D eigenvalue weighted by Gasteiger charge is -1.97. The van der Waals surface area contributed by atoms with Crippen LogP contribution in [0.15, 0.2) is 46.0 Å². The predicted molar refractivity (Wildman–Crippen MR) is 68.3 cm³/mol. The van der Waals surface area contributed by atoms with E-state index in [-0.39, 0.29) is 21.5 Å². The number of nitrogens with one attached hydrogen (secondary N) is 1. The van der Waals surface area contributed by atoms with Crippen molar-refractivity contribution in [3.63, 3.8) is 0 Å². The Bertz CT molecular complexity index is 856.